The molecular weight excluding hydrogens is 324 g/mol. The molecule has 0 aliphatic carbocycles. The number of anilines is 2. The summed E-state index contributed by atoms with van der Waals surface area (Å²) in [7, 11) is 2.07. The third-order valence-corrected chi connectivity index (χ3v) is 4.56. The number of amides is 1. The van der Waals surface area contributed by atoms with Gasteiger partial charge in [-0.3, -0.25) is 9.80 Å². The number of hydrogen-bond acceptors (Lipinski definition) is 4. The third-order valence-electron chi connectivity index (χ3n) is 4.56. The predicted octanol–water partition coefficient (Wildman–Crippen LogP) is 3.53. The lowest BCUT2D eigenvalue weighted by Gasteiger charge is -2.19. The first-order valence-electron chi connectivity index (χ1n) is 9.09. The van der Waals surface area contributed by atoms with Crippen molar-refractivity contribution in [1.29, 1.82) is 0 Å². The molecule has 0 fully saturated rings. The maximum absolute atomic E-state index is 12.3. The molecule has 1 aliphatic rings. The van der Waals surface area contributed by atoms with E-state index >= 15 is 0 Å². The van der Waals surface area contributed by atoms with Crippen LogP contribution >= 0.6 is 0 Å². The van der Waals surface area contributed by atoms with Gasteiger partial charge in [0.2, 0.25) is 0 Å². The van der Waals surface area contributed by atoms with Crippen LogP contribution in [0.5, 0.6) is 0 Å². The van der Waals surface area contributed by atoms with Gasteiger partial charge in [0.05, 0.1) is 5.69 Å². The van der Waals surface area contributed by atoms with E-state index in [2.05, 4.69) is 34.5 Å². The zero-order valence-corrected chi connectivity index (χ0v) is 15.5. The molecule has 2 aromatic carbocycles. The van der Waals surface area contributed by atoms with Crippen LogP contribution < -0.4 is 15.2 Å². The van der Waals surface area contributed by atoms with Crippen molar-refractivity contribution in [2.45, 2.75) is 19.8 Å². The molecule has 0 atom stereocenters. The van der Waals surface area contributed by atoms with E-state index < -0.39 is 0 Å². The Hall–Kier alpha value is -2.82. The number of para-hydroxylation sites is 1. The third kappa shape index (κ3) is 4.63. The van der Waals surface area contributed by atoms with Gasteiger partial charge in [0.15, 0.2) is 0 Å². The first-order valence-corrected chi connectivity index (χ1v) is 9.09. The van der Waals surface area contributed by atoms with Crippen molar-refractivity contribution in [3.63, 3.8) is 0 Å². The highest BCUT2D eigenvalue weighted by Gasteiger charge is 2.13. The van der Waals surface area contributed by atoms with Crippen molar-refractivity contribution >= 4 is 23.0 Å². The maximum atomic E-state index is 12.3. The topological polar surface area (TPSA) is 47.9 Å². The van der Waals surface area contributed by atoms with Crippen LogP contribution in [0.15, 0.2) is 59.7 Å². The van der Waals surface area contributed by atoms with Crippen LogP contribution in [-0.4, -0.2) is 38.3 Å². The monoisotopic (exact) mass is 350 g/mol. The molecule has 26 heavy (non-hydrogen) atoms. The van der Waals surface area contributed by atoms with Gasteiger partial charge in [0, 0.05) is 50.1 Å². The van der Waals surface area contributed by atoms with Crippen LogP contribution in [0.2, 0.25) is 0 Å². The fraction of sp³-hybridized carbons (Fsp3) is 0.333. The standard InChI is InChI=1S/C21H26N4O/c1-17-13-16-25(23-17)20-11-9-18(10-12-20)21(26)22-14-6-15-24(2)19-7-4-3-5-8-19/h3-5,7-12H,6,13-16H2,1-2H3,(H,22,26). The molecule has 1 amide bonds. The van der Waals surface area contributed by atoms with Gasteiger partial charge in [-0.25, -0.2) is 0 Å². The van der Waals surface area contributed by atoms with Gasteiger partial charge in [-0.1, -0.05) is 18.2 Å². The lowest BCUT2D eigenvalue weighted by atomic mass is 10.2. The molecule has 5 heteroatoms. The molecule has 1 N–H and O–H groups in total. The second-order valence-corrected chi connectivity index (χ2v) is 6.62. The van der Waals surface area contributed by atoms with E-state index in [4.69, 9.17) is 0 Å². The van der Waals surface area contributed by atoms with Crippen molar-refractivity contribution < 1.29 is 4.79 Å². The van der Waals surface area contributed by atoms with E-state index in [-0.39, 0.29) is 5.91 Å². The van der Waals surface area contributed by atoms with Gasteiger partial charge in [-0.15, -0.1) is 0 Å². The van der Waals surface area contributed by atoms with Crippen LogP contribution in [0.25, 0.3) is 0 Å². The van der Waals surface area contributed by atoms with Crippen LogP contribution in [0.3, 0.4) is 0 Å². The molecule has 0 saturated heterocycles. The lowest BCUT2D eigenvalue weighted by molar-refractivity contribution is 0.0953. The summed E-state index contributed by atoms with van der Waals surface area (Å²) in [5.74, 6) is -0.0278. The number of benzene rings is 2. The van der Waals surface area contributed by atoms with E-state index in [9.17, 15) is 4.79 Å². The minimum Gasteiger partial charge on any atom is -0.375 e. The van der Waals surface area contributed by atoms with Crippen molar-refractivity contribution in [3.05, 3.63) is 60.2 Å². The highest BCUT2D eigenvalue weighted by Crippen LogP contribution is 2.19. The maximum Gasteiger partial charge on any atom is 0.251 e. The molecule has 0 spiro atoms. The SMILES string of the molecule is CC1=NN(c2ccc(C(=O)NCCCN(C)c3ccccc3)cc2)CC1. The molecule has 3 rings (SSSR count). The Bertz CT molecular complexity index is 755. The van der Waals surface area contributed by atoms with Crippen LogP contribution in [0, 0.1) is 0 Å². The smallest absolute Gasteiger partial charge is 0.251 e. The van der Waals surface area contributed by atoms with Crippen LogP contribution in [-0.2, 0) is 0 Å². The molecule has 5 nitrogen and oxygen atoms in total. The molecule has 0 unspecified atom stereocenters. The summed E-state index contributed by atoms with van der Waals surface area (Å²) in [4.78, 5) is 14.5. The molecular formula is C21H26N4O. The molecule has 1 aliphatic heterocycles. The summed E-state index contributed by atoms with van der Waals surface area (Å²) in [6.07, 6.45) is 1.90. The van der Waals surface area contributed by atoms with Gasteiger partial charge >= 0.3 is 0 Å². The Morgan fingerprint density at radius 2 is 1.88 bits per heavy atom. The van der Waals surface area contributed by atoms with Crippen molar-refractivity contribution in [1.82, 2.24) is 5.32 Å². The molecule has 0 radical (unpaired) electrons. The fourth-order valence-corrected chi connectivity index (χ4v) is 2.98. The summed E-state index contributed by atoms with van der Waals surface area (Å²) in [6.45, 7) is 4.51. The van der Waals surface area contributed by atoms with Crippen molar-refractivity contribution in [2.75, 3.05) is 36.6 Å². The minimum absolute atomic E-state index is 0.0278. The molecule has 136 valence electrons. The van der Waals surface area contributed by atoms with E-state index in [1.54, 1.807) is 0 Å². The quantitative estimate of drug-likeness (QED) is 0.777. The summed E-state index contributed by atoms with van der Waals surface area (Å²) in [5.41, 5.74) is 4.05. The van der Waals surface area contributed by atoms with Gasteiger partial charge in [-0.2, -0.15) is 5.10 Å². The van der Waals surface area contributed by atoms with E-state index in [1.165, 1.54) is 5.69 Å². The number of nitrogens with zero attached hydrogens (tertiary/aromatic N) is 3. The number of carbonyl (C=O) groups is 1. The first-order chi connectivity index (χ1) is 12.6. The predicted molar refractivity (Wildman–Crippen MR) is 108 cm³/mol. The van der Waals surface area contributed by atoms with E-state index in [1.807, 2.05) is 54.4 Å². The number of rotatable bonds is 7. The largest absolute Gasteiger partial charge is 0.375 e. The van der Waals surface area contributed by atoms with Gasteiger partial charge in [0.25, 0.3) is 5.91 Å². The summed E-state index contributed by atoms with van der Waals surface area (Å²) >= 11 is 0. The summed E-state index contributed by atoms with van der Waals surface area (Å²) in [5, 5.41) is 9.46. The van der Waals surface area contributed by atoms with Crippen LogP contribution in [0.4, 0.5) is 11.4 Å². The second kappa shape index (κ2) is 8.52. The fourth-order valence-electron chi connectivity index (χ4n) is 2.98. The Morgan fingerprint density at radius 3 is 2.54 bits per heavy atom. The molecule has 2 aromatic rings. The normalized spacial score (nSPS) is 13.5. The minimum atomic E-state index is -0.0278. The summed E-state index contributed by atoms with van der Waals surface area (Å²) in [6, 6.07) is 17.9. The zero-order valence-electron chi connectivity index (χ0n) is 15.5. The molecule has 0 bridgehead atoms. The highest BCUT2D eigenvalue weighted by molar-refractivity contribution is 5.94. The molecule has 1 heterocycles. The van der Waals surface area contributed by atoms with E-state index in [0.29, 0.717) is 12.1 Å². The van der Waals surface area contributed by atoms with Crippen LogP contribution in [0.1, 0.15) is 30.1 Å². The van der Waals surface area contributed by atoms with Gasteiger partial charge in [0.1, 0.15) is 0 Å². The van der Waals surface area contributed by atoms with E-state index in [0.717, 1.165) is 37.3 Å². The number of carbonyl (C=O) groups excluding carboxylic acids is 1. The number of hydrazone groups is 1. The average Bonchev–Trinajstić information content (AvgIpc) is 3.12. The number of nitrogens with one attached hydrogen (secondary N) is 1. The first kappa shape index (κ1) is 18.0. The highest BCUT2D eigenvalue weighted by atomic mass is 16.1. The Labute approximate surface area is 155 Å². The Balaban J connectivity index is 1.43. The zero-order chi connectivity index (χ0) is 18.4. The Morgan fingerprint density at radius 1 is 1.15 bits per heavy atom. The molecule has 0 saturated carbocycles. The second-order valence-electron chi connectivity index (χ2n) is 6.62. The van der Waals surface area contributed by atoms with Gasteiger partial charge in [-0.05, 0) is 49.7 Å². The lowest BCUT2D eigenvalue weighted by Crippen LogP contribution is -2.28. The molecule has 0 aromatic heterocycles. The number of hydrogen-bond donors (Lipinski definition) is 1. The Kier molecular flexibility index (Phi) is 5.89. The van der Waals surface area contributed by atoms with Crippen molar-refractivity contribution in [2.24, 2.45) is 5.10 Å². The summed E-state index contributed by atoms with van der Waals surface area (Å²) < 4.78 is 0. The van der Waals surface area contributed by atoms with Crippen molar-refractivity contribution in [3.8, 4) is 0 Å². The van der Waals surface area contributed by atoms with Gasteiger partial charge < -0.3 is 10.2 Å². The average molecular weight is 350 g/mol.